The summed E-state index contributed by atoms with van der Waals surface area (Å²) in [5.74, 6) is -0.134. The van der Waals surface area contributed by atoms with Gasteiger partial charge in [0.15, 0.2) is 5.65 Å². The van der Waals surface area contributed by atoms with Crippen LogP contribution >= 0.6 is 0 Å². The van der Waals surface area contributed by atoms with Gasteiger partial charge in [-0.2, -0.15) is 5.10 Å². The van der Waals surface area contributed by atoms with E-state index in [-0.39, 0.29) is 18.6 Å². The molecule has 0 fully saturated rings. The topological polar surface area (TPSA) is 71.2 Å². The molecule has 0 aliphatic carbocycles. The number of nitrogens with zero attached hydrogens (tertiary/aromatic N) is 4. The van der Waals surface area contributed by atoms with Gasteiger partial charge in [0.05, 0.1) is 29.8 Å². The molecule has 102 valence electrons. The highest BCUT2D eigenvalue weighted by molar-refractivity contribution is 6.05. The maximum atomic E-state index is 12.5. The van der Waals surface area contributed by atoms with Gasteiger partial charge in [0, 0.05) is 19.8 Å². The van der Waals surface area contributed by atoms with Crippen LogP contribution in [0.15, 0.2) is 12.3 Å². The van der Waals surface area contributed by atoms with Crippen molar-refractivity contribution >= 4 is 16.9 Å². The molecule has 0 aliphatic rings. The number of hydrogen-bond donors (Lipinski definition) is 1. The van der Waals surface area contributed by atoms with Crippen molar-refractivity contribution in [3.05, 3.63) is 23.5 Å². The van der Waals surface area contributed by atoms with Crippen LogP contribution in [0.5, 0.6) is 0 Å². The minimum absolute atomic E-state index is 0.0670. The lowest BCUT2D eigenvalue weighted by Crippen LogP contribution is -2.37. The summed E-state index contributed by atoms with van der Waals surface area (Å²) in [6.07, 6.45) is 1.65. The van der Waals surface area contributed by atoms with Crippen LogP contribution in [0.4, 0.5) is 0 Å². The SMILES string of the molecule is Cc1cc(C(=O)N(C)C(C)CO)c2cnn(C)c2n1. The average Bonchev–Trinajstić information content (AvgIpc) is 2.77. The number of aryl methyl sites for hydroxylation is 2. The summed E-state index contributed by atoms with van der Waals surface area (Å²) < 4.78 is 1.65. The number of aliphatic hydroxyl groups is 1. The standard InChI is InChI=1S/C13H18N4O2/c1-8-5-10(13(19)16(3)9(2)7-18)11-6-14-17(4)12(11)15-8/h5-6,9,18H,7H2,1-4H3. The molecule has 0 saturated carbocycles. The molecule has 1 unspecified atom stereocenters. The van der Waals surface area contributed by atoms with Crippen molar-refractivity contribution in [1.29, 1.82) is 0 Å². The summed E-state index contributed by atoms with van der Waals surface area (Å²) in [6.45, 7) is 3.58. The van der Waals surface area contributed by atoms with E-state index in [2.05, 4.69) is 10.1 Å². The van der Waals surface area contributed by atoms with Crippen molar-refractivity contribution in [3.8, 4) is 0 Å². The first-order chi connectivity index (χ1) is 8.95. The van der Waals surface area contributed by atoms with E-state index in [4.69, 9.17) is 5.11 Å². The predicted molar refractivity (Wildman–Crippen MR) is 71.9 cm³/mol. The molecule has 0 spiro atoms. The van der Waals surface area contributed by atoms with E-state index >= 15 is 0 Å². The highest BCUT2D eigenvalue weighted by Crippen LogP contribution is 2.19. The number of aromatic nitrogens is 3. The van der Waals surface area contributed by atoms with Gasteiger partial charge in [-0.05, 0) is 19.9 Å². The molecule has 0 aromatic carbocycles. The maximum absolute atomic E-state index is 12.5. The highest BCUT2D eigenvalue weighted by atomic mass is 16.3. The fraction of sp³-hybridized carbons (Fsp3) is 0.462. The number of fused-ring (bicyclic) bond motifs is 1. The first kappa shape index (κ1) is 13.5. The Balaban J connectivity index is 2.53. The van der Waals surface area contributed by atoms with Gasteiger partial charge in [-0.1, -0.05) is 0 Å². The second kappa shape index (κ2) is 4.97. The molecule has 1 N–H and O–H groups in total. The highest BCUT2D eigenvalue weighted by Gasteiger charge is 2.21. The monoisotopic (exact) mass is 262 g/mol. The Labute approximate surface area is 111 Å². The van der Waals surface area contributed by atoms with Crippen molar-refractivity contribution < 1.29 is 9.90 Å². The largest absolute Gasteiger partial charge is 0.394 e. The Morgan fingerprint density at radius 1 is 1.58 bits per heavy atom. The summed E-state index contributed by atoms with van der Waals surface area (Å²) in [7, 11) is 3.48. The summed E-state index contributed by atoms with van der Waals surface area (Å²) >= 11 is 0. The molecule has 2 heterocycles. The van der Waals surface area contributed by atoms with Crippen LogP contribution in [0.25, 0.3) is 11.0 Å². The van der Waals surface area contributed by atoms with E-state index in [1.165, 1.54) is 4.90 Å². The molecule has 0 saturated heterocycles. The second-order valence-corrected chi connectivity index (χ2v) is 4.76. The molecule has 2 rings (SSSR count). The maximum Gasteiger partial charge on any atom is 0.254 e. The third-order valence-corrected chi connectivity index (χ3v) is 3.31. The lowest BCUT2D eigenvalue weighted by molar-refractivity contribution is 0.0684. The fourth-order valence-electron chi connectivity index (χ4n) is 1.93. The molecule has 2 aromatic heterocycles. The Kier molecular flexibility index (Phi) is 3.53. The number of carbonyl (C=O) groups is 1. The van der Waals surface area contributed by atoms with Gasteiger partial charge < -0.3 is 10.0 Å². The van der Waals surface area contributed by atoms with Gasteiger partial charge >= 0.3 is 0 Å². The van der Waals surface area contributed by atoms with E-state index in [9.17, 15) is 4.79 Å². The molecule has 1 amide bonds. The van der Waals surface area contributed by atoms with Crippen LogP contribution < -0.4 is 0 Å². The molecule has 6 nitrogen and oxygen atoms in total. The number of carbonyl (C=O) groups excluding carboxylic acids is 1. The Bertz CT molecular complexity index is 620. The van der Waals surface area contributed by atoms with Crippen LogP contribution in [0.3, 0.4) is 0 Å². The average molecular weight is 262 g/mol. The quantitative estimate of drug-likeness (QED) is 0.885. The van der Waals surface area contributed by atoms with Gasteiger partial charge in [0.1, 0.15) is 0 Å². The van der Waals surface area contributed by atoms with E-state index in [0.717, 1.165) is 11.1 Å². The van der Waals surface area contributed by atoms with E-state index in [1.807, 2.05) is 6.92 Å². The number of pyridine rings is 1. The lowest BCUT2D eigenvalue weighted by atomic mass is 10.1. The third-order valence-electron chi connectivity index (χ3n) is 3.31. The van der Waals surface area contributed by atoms with Gasteiger partial charge in [-0.25, -0.2) is 4.98 Å². The number of aliphatic hydroxyl groups excluding tert-OH is 1. The zero-order valence-corrected chi connectivity index (χ0v) is 11.6. The van der Waals surface area contributed by atoms with Crippen molar-refractivity contribution in [2.45, 2.75) is 19.9 Å². The van der Waals surface area contributed by atoms with Crippen molar-refractivity contribution in [1.82, 2.24) is 19.7 Å². The molecule has 0 radical (unpaired) electrons. The summed E-state index contributed by atoms with van der Waals surface area (Å²) in [4.78, 5) is 18.4. The van der Waals surface area contributed by atoms with Crippen LogP contribution in [0, 0.1) is 6.92 Å². The van der Waals surface area contributed by atoms with E-state index < -0.39 is 0 Å². The molecular formula is C13H18N4O2. The van der Waals surface area contributed by atoms with Gasteiger partial charge in [0.25, 0.3) is 5.91 Å². The Hall–Kier alpha value is -1.95. The first-order valence-corrected chi connectivity index (χ1v) is 6.13. The summed E-state index contributed by atoms with van der Waals surface area (Å²) in [6, 6.07) is 1.53. The number of likely N-dealkylation sites (N-methyl/N-ethyl adjacent to an activating group) is 1. The third kappa shape index (κ3) is 2.31. The summed E-state index contributed by atoms with van der Waals surface area (Å²) in [5, 5.41) is 14.0. The molecule has 6 heteroatoms. The van der Waals surface area contributed by atoms with Crippen molar-refractivity contribution in [3.63, 3.8) is 0 Å². The van der Waals surface area contributed by atoms with Gasteiger partial charge in [-0.3, -0.25) is 9.48 Å². The molecule has 0 bridgehead atoms. The number of rotatable bonds is 3. The minimum atomic E-state index is -0.229. The van der Waals surface area contributed by atoms with Crippen LogP contribution in [0.1, 0.15) is 23.0 Å². The zero-order valence-electron chi connectivity index (χ0n) is 11.6. The molecule has 1 atom stereocenters. The Morgan fingerprint density at radius 3 is 2.89 bits per heavy atom. The number of amides is 1. The molecule has 19 heavy (non-hydrogen) atoms. The lowest BCUT2D eigenvalue weighted by Gasteiger charge is -2.23. The van der Waals surface area contributed by atoms with Crippen molar-refractivity contribution in [2.75, 3.05) is 13.7 Å². The second-order valence-electron chi connectivity index (χ2n) is 4.76. The normalized spacial score (nSPS) is 12.7. The molecule has 2 aromatic rings. The number of hydrogen-bond acceptors (Lipinski definition) is 4. The molecule has 0 aliphatic heterocycles. The van der Waals surface area contributed by atoms with Crippen LogP contribution in [-0.4, -0.2) is 50.4 Å². The van der Waals surface area contributed by atoms with E-state index in [0.29, 0.717) is 11.2 Å². The molecular weight excluding hydrogens is 244 g/mol. The zero-order chi connectivity index (χ0) is 14.2. The van der Waals surface area contributed by atoms with Gasteiger partial charge in [0.2, 0.25) is 0 Å². The fourth-order valence-corrected chi connectivity index (χ4v) is 1.93. The first-order valence-electron chi connectivity index (χ1n) is 6.13. The van der Waals surface area contributed by atoms with Crippen molar-refractivity contribution in [2.24, 2.45) is 7.05 Å². The summed E-state index contributed by atoms with van der Waals surface area (Å²) in [5.41, 5.74) is 2.02. The Morgan fingerprint density at radius 2 is 2.26 bits per heavy atom. The smallest absolute Gasteiger partial charge is 0.254 e. The predicted octanol–water partition coefficient (Wildman–Crippen LogP) is 0.730. The van der Waals surface area contributed by atoms with E-state index in [1.54, 1.807) is 38.0 Å². The minimum Gasteiger partial charge on any atom is -0.394 e. The van der Waals surface area contributed by atoms with Crippen LogP contribution in [0.2, 0.25) is 0 Å². The van der Waals surface area contributed by atoms with Gasteiger partial charge in [-0.15, -0.1) is 0 Å². The van der Waals surface area contributed by atoms with Crippen LogP contribution in [-0.2, 0) is 7.05 Å².